The molecule has 2 unspecified atom stereocenters. The fourth-order valence-electron chi connectivity index (χ4n) is 2.66. The monoisotopic (exact) mass is 311 g/mol. The highest BCUT2D eigenvalue weighted by Gasteiger charge is 2.40. The lowest BCUT2D eigenvalue weighted by Gasteiger charge is -2.20. The number of hydrogen-bond acceptors (Lipinski definition) is 3. The smallest absolute Gasteiger partial charge is 0.134 e. The predicted molar refractivity (Wildman–Crippen MR) is 73.5 cm³/mol. The summed E-state index contributed by atoms with van der Waals surface area (Å²) in [4.78, 5) is 0. The van der Waals surface area contributed by atoms with Gasteiger partial charge in [-0.1, -0.05) is 12.1 Å². The predicted octanol–water partition coefficient (Wildman–Crippen LogP) is 2.81. The van der Waals surface area contributed by atoms with Crippen LogP contribution >= 0.6 is 15.9 Å². The van der Waals surface area contributed by atoms with Crippen LogP contribution in [-0.2, 0) is 11.3 Å². The third-order valence-corrected chi connectivity index (χ3v) is 4.49. The number of phenolic OH excluding ortho intramolecular Hbond substituents is 1. The molecular weight excluding hydrogens is 294 g/mol. The Balaban J connectivity index is 1.61. The molecule has 1 saturated heterocycles. The molecule has 2 atom stereocenters. The van der Waals surface area contributed by atoms with E-state index in [1.165, 1.54) is 12.8 Å². The van der Waals surface area contributed by atoms with E-state index >= 15 is 0 Å². The standard InChI is InChI=1S/C14H18BrNO2/c15-11-3-1-2-10(13(11)17)8-16-12-6-7-18-14(12)9-4-5-9/h1-3,9,12,14,16-17H,4-8H2. The Labute approximate surface area is 116 Å². The number of nitrogens with one attached hydrogen (secondary N) is 1. The quantitative estimate of drug-likeness (QED) is 0.898. The van der Waals surface area contributed by atoms with E-state index in [0.29, 0.717) is 24.4 Å². The molecule has 1 aliphatic carbocycles. The molecule has 3 rings (SSSR count). The number of para-hydroxylation sites is 1. The van der Waals surface area contributed by atoms with Crippen LogP contribution in [0, 0.1) is 5.92 Å². The van der Waals surface area contributed by atoms with Gasteiger partial charge in [0.1, 0.15) is 5.75 Å². The van der Waals surface area contributed by atoms with Gasteiger partial charge in [-0.25, -0.2) is 0 Å². The molecular formula is C14H18BrNO2. The largest absolute Gasteiger partial charge is 0.506 e. The number of halogens is 1. The van der Waals surface area contributed by atoms with Crippen molar-refractivity contribution in [2.45, 2.75) is 38.0 Å². The highest BCUT2D eigenvalue weighted by molar-refractivity contribution is 9.10. The number of ether oxygens (including phenoxy) is 1. The summed E-state index contributed by atoms with van der Waals surface area (Å²) in [5.74, 6) is 1.10. The topological polar surface area (TPSA) is 41.5 Å². The zero-order valence-corrected chi connectivity index (χ0v) is 11.8. The van der Waals surface area contributed by atoms with Crippen LogP contribution in [-0.4, -0.2) is 23.9 Å². The van der Waals surface area contributed by atoms with Gasteiger partial charge in [-0.2, -0.15) is 0 Å². The first-order chi connectivity index (χ1) is 8.75. The Bertz CT molecular complexity index is 434. The third kappa shape index (κ3) is 2.56. The highest BCUT2D eigenvalue weighted by Crippen LogP contribution is 2.39. The van der Waals surface area contributed by atoms with Crippen molar-refractivity contribution < 1.29 is 9.84 Å². The minimum absolute atomic E-state index is 0.340. The third-order valence-electron chi connectivity index (χ3n) is 3.85. The molecule has 0 spiro atoms. The highest BCUT2D eigenvalue weighted by atomic mass is 79.9. The molecule has 0 bridgehead atoms. The molecule has 2 fully saturated rings. The lowest BCUT2D eigenvalue weighted by Crippen LogP contribution is -2.37. The fourth-order valence-corrected chi connectivity index (χ4v) is 3.07. The van der Waals surface area contributed by atoms with Crippen LogP contribution in [0.4, 0.5) is 0 Å². The molecule has 1 saturated carbocycles. The molecule has 18 heavy (non-hydrogen) atoms. The summed E-state index contributed by atoms with van der Waals surface area (Å²) in [5, 5.41) is 13.5. The van der Waals surface area contributed by atoms with Crippen molar-refractivity contribution in [3.8, 4) is 5.75 Å². The number of aromatic hydroxyl groups is 1. The Kier molecular flexibility index (Phi) is 3.59. The lowest BCUT2D eigenvalue weighted by molar-refractivity contribution is 0.0808. The average molecular weight is 312 g/mol. The molecule has 3 nitrogen and oxygen atoms in total. The minimum Gasteiger partial charge on any atom is -0.506 e. The lowest BCUT2D eigenvalue weighted by atomic mass is 10.1. The van der Waals surface area contributed by atoms with Crippen LogP contribution in [0.5, 0.6) is 5.75 Å². The van der Waals surface area contributed by atoms with E-state index in [1.807, 2.05) is 18.2 Å². The summed E-state index contributed by atoms with van der Waals surface area (Å²) < 4.78 is 6.55. The number of rotatable bonds is 4. The van der Waals surface area contributed by atoms with Gasteiger partial charge in [0, 0.05) is 24.8 Å². The van der Waals surface area contributed by atoms with E-state index in [-0.39, 0.29) is 0 Å². The van der Waals surface area contributed by atoms with Gasteiger partial charge in [-0.05, 0) is 47.2 Å². The summed E-state index contributed by atoms with van der Waals surface area (Å²) in [7, 11) is 0. The Morgan fingerprint density at radius 2 is 2.17 bits per heavy atom. The second-order valence-electron chi connectivity index (χ2n) is 5.20. The van der Waals surface area contributed by atoms with Crippen LogP contribution in [0.25, 0.3) is 0 Å². The second kappa shape index (κ2) is 5.19. The summed E-state index contributed by atoms with van der Waals surface area (Å²) in [6.07, 6.45) is 4.09. The molecule has 0 aromatic heterocycles. The molecule has 98 valence electrons. The van der Waals surface area contributed by atoms with Gasteiger partial charge in [-0.3, -0.25) is 0 Å². The molecule has 4 heteroatoms. The van der Waals surface area contributed by atoms with E-state index in [1.54, 1.807) is 0 Å². The molecule has 2 N–H and O–H groups in total. The second-order valence-corrected chi connectivity index (χ2v) is 6.05. The number of phenols is 1. The molecule has 0 amide bonds. The van der Waals surface area contributed by atoms with E-state index in [0.717, 1.165) is 29.0 Å². The molecule has 1 aromatic rings. The molecule has 1 aliphatic heterocycles. The summed E-state index contributed by atoms with van der Waals surface area (Å²) in [6.45, 7) is 1.56. The maximum atomic E-state index is 9.94. The van der Waals surface area contributed by atoms with Crippen molar-refractivity contribution in [3.63, 3.8) is 0 Å². The first-order valence-corrected chi connectivity index (χ1v) is 7.36. The van der Waals surface area contributed by atoms with Crippen molar-refractivity contribution in [1.82, 2.24) is 5.32 Å². The molecule has 1 heterocycles. The van der Waals surface area contributed by atoms with Gasteiger partial charge in [0.05, 0.1) is 10.6 Å². The minimum atomic E-state index is 0.340. The number of benzene rings is 1. The van der Waals surface area contributed by atoms with Crippen molar-refractivity contribution in [2.24, 2.45) is 5.92 Å². The van der Waals surface area contributed by atoms with Crippen molar-refractivity contribution in [3.05, 3.63) is 28.2 Å². The van der Waals surface area contributed by atoms with Gasteiger partial charge in [0.15, 0.2) is 0 Å². The van der Waals surface area contributed by atoms with Crippen LogP contribution in [0.2, 0.25) is 0 Å². The van der Waals surface area contributed by atoms with E-state index < -0.39 is 0 Å². The Morgan fingerprint density at radius 3 is 2.94 bits per heavy atom. The van der Waals surface area contributed by atoms with E-state index in [2.05, 4.69) is 21.2 Å². The van der Waals surface area contributed by atoms with Crippen LogP contribution in [0.3, 0.4) is 0 Å². The van der Waals surface area contributed by atoms with Crippen molar-refractivity contribution >= 4 is 15.9 Å². The van der Waals surface area contributed by atoms with Gasteiger partial charge in [0.25, 0.3) is 0 Å². The van der Waals surface area contributed by atoms with Gasteiger partial charge in [0.2, 0.25) is 0 Å². The average Bonchev–Trinajstić information content (AvgIpc) is 3.11. The van der Waals surface area contributed by atoms with Crippen LogP contribution < -0.4 is 5.32 Å². The maximum Gasteiger partial charge on any atom is 0.134 e. The van der Waals surface area contributed by atoms with E-state index in [4.69, 9.17) is 4.74 Å². The van der Waals surface area contributed by atoms with Crippen molar-refractivity contribution in [1.29, 1.82) is 0 Å². The van der Waals surface area contributed by atoms with Gasteiger partial charge < -0.3 is 15.2 Å². The van der Waals surface area contributed by atoms with Crippen LogP contribution in [0.15, 0.2) is 22.7 Å². The molecule has 2 aliphatic rings. The maximum absolute atomic E-state index is 9.94. The first-order valence-electron chi connectivity index (χ1n) is 6.57. The molecule has 0 radical (unpaired) electrons. The van der Waals surface area contributed by atoms with Crippen molar-refractivity contribution in [2.75, 3.05) is 6.61 Å². The Hall–Kier alpha value is -0.580. The zero-order valence-electron chi connectivity index (χ0n) is 10.2. The zero-order chi connectivity index (χ0) is 12.5. The number of hydrogen-bond donors (Lipinski definition) is 2. The normalized spacial score (nSPS) is 27.6. The van der Waals surface area contributed by atoms with Gasteiger partial charge in [-0.15, -0.1) is 0 Å². The SMILES string of the molecule is Oc1c(Br)cccc1CNC1CCOC1C1CC1. The van der Waals surface area contributed by atoms with E-state index in [9.17, 15) is 5.11 Å². The fraction of sp³-hybridized carbons (Fsp3) is 0.571. The summed E-state index contributed by atoms with van der Waals surface area (Å²) >= 11 is 3.34. The Morgan fingerprint density at radius 1 is 1.33 bits per heavy atom. The van der Waals surface area contributed by atoms with Crippen LogP contribution in [0.1, 0.15) is 24.8 Å². The first kappa shape index (κ1) is 12.5. The summed E-state index contributed by atoms with van der Waals surface area (Å²) in [6, 6.07) is 6.19. The van der Waals surface area contributed by atoms with Gasteiger partial charge >= 0.3 is 0 Å². The summed E-state index contributed by atoms with van der Waals surface area (Å²) in [5.41, 5.74) is 0.936. The molecule has 1 aromatic carbocycles.